The van der Waals surface area contributed by atoms with Crippen molar-refractivity contribution in [3.8, 4) is 5.75 Å². The summed E-state index contributed by atoms with van der Waals surface area (Å²) in [5, 5.41) is 16.9. The Hall–Kier alpha value is -2.15. The quantitative estimate of drug-likeness (QED) is 0.640. The molecule has 0 spiro atoms. The average molecular weight is 293 g/mol. The van der Waals surface area contributed by atoms with E-state index in [1.54, 1.807) is 13.0 Å². The lowest BCUT2D eigenvalue weighted by Gasteiger charge is -2.22. The van der Waals surface area contributed by atoms with Gasteiger partial charge in [0, 0.05) is 0 Å². The van der Waals surface area contributed by atoms with Crippen LogP contribution in [0, 0.1) is 10.1 Å². The summed E-state index contributed by atoms with van der Waals surface area (Å²) in [5.41, 5.74) is 0.0333. The minimum Gasteiger partial charge on any atom is -0.494 e. The molecule has 1 atom stereocenters. The number of nitro benzene ring substituents is 1. The number of hydrogen-bond donors (Lipinski definition) is 2. The monoisotopic (exact) mass is 293 g/mol. The van der Waals surface area contributed by atoms with Gasteiger partial charge in [-0.3, -0.25) is 14.9 Å². The minimum atomic E-state index is -0.521. The summed E-state index contributed by atoms with van der Waals surface area (Å²) < 4.78 is 5.24. The first-order valence-corrected chi connectivity index (χ1v) is 7.07. The summed E-state index contributed by atoms with van der Waals surface area (Å²) in [7, 11) is 0. The van der Waals surface area contributed by atoms with Crippen molar-refractivity contribution in [3.63, 3.8) is 0 Å². The Morgan fingerprint density at radius 1 is 1.52 bits per heavy atom. The standard InChI is InChI=1S/C14H19N3O4/c1-2-21-10-6-7-11(13(9-10)17(19)20)16-14(18)12-5-3-4-8-15-12/h6-7,9,12,15H,2-5,8H2,1H3,(H,16,18). The molecule has 1 unspecified atom stereocenters. The Balaban J connectivity index is 2.14. The molecular weight excluding hydrogens is 274 g/mol. The molecule has 1 heterocycles. The molecule has 0 bridgehead atoms. The topological polar surface area (TPSA) is 93.5 Å². The van der Waals surface area contributed by atoms with Crippen LogP contribution in [0.3, 0.4) is 0 Å². The van der Waals surface area contributed by atoms with Gasteiger partial charge in [0.2, 0.25) is 5.91 Å². The fourth-order valence-electron chi connectivity index (χ4n) is 2.32. The predicted molar refractivity (Wildman–Crippen MR) is 78.5 cm³/mol. The van der Waals surface area contributed by atoms with Crippen molar-refractivity contribution in [1.29, 1.82) is 0 Å². The number of hydrogen-bond acceptors (Lipinski definition) is 5. The van der Waals surface area contributed by atoms with Crippen molar-refractivity contribution in [1.82, 2.24) is 5.32 Å². The van der Waals surface area contributed by atoms with E-state index in [-0.39, 0.29) is 23.3 Å². The SMILES string of the molecule is CCOc1ccc(NC(=O)C2CCCCN2)c([N+](=O)[O-])c1. The molecule has 114 valence electrons. The van der Waals surface area contributed by atoms with Crippen LogP contribution in [0.2, 0.25) is 0 Å². The van der Waals surface area contributed by atoms with Crippen molar-refractivity contribution in [3.05, 3.63) is 28.3 Å². The first kappa shape index (κ1) is 15.2. The molecule has 1 amide bonds. The lowest BCUT2D eigenvalue weighted by Crippen LogP contribution is -2.43. The van der Waals surface area contributed by atoms with E-state index in [1.807, 2.05) is 0 Å². The number of nitro groups is 1. The summed E-state index contributed by atoms with van der Waals surface area (Å²) in [5.74, 6) is 0.181. The molecule has 0 aromatic heterocycles. The lowest BCUT2D eigenvalue weighted by molar-refractivity contribution is -0.384. The molecule has 0 saturated carbocycles. The summed E-state index contributed by atoms with van der Waals surface area (Å²) in [4.78, 5) is 22.7. The third kappa shape index (κ3) is 3.91. The highest BCUT2D eigenvalue weighted by atomic mass is 16.6. The Bertz CT molecular complexity index is 527. The molecule has 7 heteroatoms. The van der Waals surface area contributed by atoms with Crippen molar-refractivity contribution in [2.45, 2.75) is 32.2 Å². The first-order chi connectivity index (χ1) is 10.1. The molecule has 2 N–H and O–H groups in total. The molecule has 1 aromatic rings. The molecule has 1 saturated heterocycles. The van der Waals surface area contributed by atoms with E-state index in [4.69, 9.17) is 4.74 Å². The van der Waals surface area contributed by atoms with Gasteiger partial charge in [-0.1, -0.05) is 6.42 Å². The average Bonchev–Trinajstić information content (AvgIpc) is 2.49. The Kier molecular flexibility index (Phi) is 5.10. The largest absolute Gasteiger partial charge is 0.494 e. The summed E-state index contributed by atoms with van der Waals surface area (Å²) in [6, 6.07) is 4.16. The third-order valence-corrected chi connectivity index (χ3v) is 3.36. The van der Waals surface area contributed by atoms with Gasteiger partial charge >= 0.3 is 0 Å². The van der Waals surface area contributed by atoms with E-state index < -0.39 is 4.92 Å². The van der Waals surface area contributed by atoms with Gasteiger partial charge in [-0.2, -0.15) is 0 Å². The maximum Gasteiger partial charge on any atom is 0.296 e. The highest BCUT2D eigenvalue weighted by Gasteiger charge is 2.23. The number of nitrogens with one attached hydrogen (secondary N) is 2. The molecule has 1 aliphatic heterocycles. The summed E-state index contributed by atoms with van der Waals surface area (Å²) in [6.07, 6.45) is 2.78. The van der Waals surface area contributed by atoms with Crippen LogP contribution in [0.4, 0.5) is 11.4 Å². The smallest absolute Gasteiger partial charge is 0.296 e. The number of piperidine rings is 1. The second kappa shape index (κ2) is 7.03. The van der Waals surface area contributed by atoms with Crippen LogP contribution in [0.15, 0.2) is 18.2 Å². The van der Waals surface area contributed by atoms with Crippen LogP contribution in [-0.4, -0.2) is 30.0 Å². The second-order valence-electron chi connectivity index (χ2n) is 4.86. The van der Waals surface area contributed by atoms with E-state index in [9.17, 15) is 14.9 Å². The van der Waals surface area contributed by atoms with Crippen LogP contribution in [0.1, 0.15) is 26.2 Å². The van der Waals surface area contributed by atoms with E-state index >= 15 is 0 Å². The fourth-order valence-corrected chi connectivity index (χ4v) is 2.32. The molecule has 0 radical (unpaired) electrons. The first-order valence-electron chi connectivity index (χ1n) is 7.07. The minimum absolute atomic E-state index is 0.162. The molecule has 1 aliphatic rings. The molecule has 2 rings (SSSR count). The Morgan fingerprint density at radius 2 is 2.33 bits per heavy atom. The number of amides is 1. The number of benzene rings is 1. The van der Waals surface area contributed by atoms with Crippen molar-refractivity contribution in [2.24, 2.45) is 0 Å². The highest BCUT2D eigenvalue weighted by molar-refractivity contribution is 5.96. The van der Waals surface area contributed by atoms with Crippen molar-refractivity contribution >= 4 is 17.3 Å². The summed E-state index contributed by atoms with van der Waals surface area (Å²) in [6.45, 7) is 3.02. The van der Waals surface area contributed by atoms with Crippen molar-refractivity contribution in [2.75, 3.05) is 18.5 Å². The molecule has 1 fully saturated rings. The van der Waals surface area contributed by atoms with E-state index in [2.05, 4.69) is 10.6 Å². The van der Waals surface area contributed by atoms with E-state index in [0.717, 1.165) is 25.8 Å². The molecular formula is C14H19N3O4. The van der Waals surface area contributed by atoms with Gasteiger partial charge in [-0.05, 0) is 38.4 Å². The number of ether oxygens (including phenoxy) is 1. The highest BCUT2D eigenvalue weighted by Crippen LogP contribution is 2.29. The number of carbonyl (C=O) groups excluding carboxylic acids is 1. The van der Waals surface area contributed by atoms with Crippen LogP contribution < -0.4 is 15.4 Å². The maximum atomic E-state index is 12.1. The van der Waals surface area contributed by atoms with Gasteiger partial charge in [-0.25, -0.2) is 0 Å². The van der Waals surface area contributed by atoms with Gasteiger partial charge < -0.3 is 15.4 Å². The van der Waals surface area contributed by atoms with Crippen LogP contribution in [0.25, 0.3) is 0 Å². The molecule has 7 nitrogen and oxygen atoms in total. The predicted octanol–water partition coefficient (Wildman–Crippen LogP) is 2.07. The van der Waals surface area contributed by atoms with Gasteiger partial charge in [0.1, 0.15) is 11.4 Å². The molecule has 1 aromatic carbocycles. The maximum absolute atomic E-state index is 12.1. The van der Waals surface area contributed by atoms with Gasteiger partial charge in [0.15, 0.2) is 0 Å². The van der Waals surface area contributed by atoms with Gasteiger partial charge in [0.05, 0.1) is 23.6 Å². The fraction of sp³-hybridized carbons (Fsp3) is 0.500. The van der Waals surface area contributed by atoms with Gasteiger partial charge in [-0.15, -0.1) is 0 Å². The number of anilines is 1. The zero-order chi connectivity index (χ0) is 15.2. The zero-order valence-electron chi connectivity index (χ0n) is 11.9. The normalized spacial score (nSPS) is 18.0. The number of carbonyl (C=O) groups is 1. The Labute approximate surface area is 122 Å². The second-order valence-corrected chi connectivity index (χ2v) is 4.86. The lowest BCUT2D eigenvalue weighted by atomic mass is 10.0. The summed E-state index contributed by atoms with van der Waals surface area (Å²) >= 11 is 0. The van der Waals surface area contributed by atoms with E-state index in [0.29, 0.717) is 12.4 Å². The van der Waals surface area contributed by atoms with Crippen molar-refractivity contribution < 1.29 is 14.5 Å². The van der Waals surface area contributed by atoms with Crippen LogP contribution >= 0.6 is 0 Å². The molecule has 0 aliphatic carbocycles. The number of nitrogens with zero attached hydrogens (tertiary/aromatic N) is 1. The zero-order valence-corrected chi connectivity index (χ0v) is 11.9. The molecule has 21 heavy (non-hydrogen) atoms. The third-order valence-electron chi connectivity index (χ3n) is 3.36. The van der Waals surface area contributed by atoms with E-state index in [1.165, 1.54) is 12.1 Å². The van der Waals surface area contributed by atoms with Gasteiger partial charge in [0.25, 0.3) is 5.69 Å². The number of rotatable bonds is 5. The Morgan fingerprint density at radius 3 is 2.95 bits per heavy atom. The van der Waals surface area contributed by atoms with Crippen LogP contribution in [0.5, 0.6) is 5.75 Å². The van der Waals surface area contributed by atoms with Crippen LogP contribution in [-0.2, 0) is 4.79 Å².